The van der Waals surface area contributed by atoms with Gasteiger partial charge in [0.2, 0.25) is 0 Å². The average molecular weight is 333 g/mol. The quantitative estimate of drug-likeness (QED) is 0.743. The average Bonchev–Trinajstić information content (AvgIpc) is 3.04. The summed E-state index contributed by atoms with van der Waals surface area (Å²) in [5.74, 6) is 0.764. The third kappa shape index (κ3) is 2.10. The van der Waals surface area contributed by atoms with Gasteiger partial charge in [-0.15, -0.1) is 0 Å². The zero-order valence-electron chi connectivity index (χ0n) is 14.1. The number of nitrogens with zero attached hydrogens (tertiary/aromatic N) is 4. The highest BCUT2D eigenvalue weighted by atomic mass is 16.2. The molecule has 6 heteroatoms. The van der Waals surface area contributed by atoms with Crippen molar-refractivity contribution in [3.63, 3.8) is 0 Å². The van der Waals surface area contributed by atoms with Crippen LogP contribution in [0.5, 0.6) is 0 Å². The summed E-state index contributed by atoms with van der Waals surface area (Å²) < 4.78 is 0. The molecule has 0 spiro atoms. The first-order valence-corrected chi connectivity index (χ1v) is 8.68. The Morgan fingerprint density at radius 3 is 2.68 bits per heavy atom. The molecule has 6 nitrogen and oxygen atoms in total. The van der Waals surface area contributed by atoms with Crippen molar-refractivity contribution >= 4 is 22.6 Å². The molecule has 2 aliphatic rings. The maximum absolute atomic E-state index is 13.5. The first-order chi connectivity index (χ1) is 12.2. The zero-order chi connectivity index (χ0) is 17.0. The predicted octanol–water partition coefficient (Wildman–Crippen LogP) is 2.68. The van der Waals surface area contributed by atoms with Gasteiger partial charge in [0.05, 0.1) is 10.9 Å². The fraction of sp³-hybridized carbons (Fsp3) is 0.316. The van der Waals surface area contributed by atoms with Crippen LogP contribution < -0.4 is 4.90 Å². The molecule has 5 rings (SSSR count). The van der Waals surface area contributed by atoms with E-state index in [-0.39, 0.29) is 11.9 Å². The number of rotatable bonds is 1. The fourth-order valence-corrected chi connectivity index (χ4v) is 4.02. The molecule has 1 aromatic carbocycles. The van der Waals surface area contributed by atoms with E-state index in [4.69, 9.17) is 0 Å². The Balaban J connectivity index is 1.76. The van der Waals surface area contributed by atoms with Crippen LogP contribution in [0.4, 0.5) is 5.82 Å². The van der Waals surface area contributed by atoms with Crippen LogP contribution in [0, 0.1) is 0 Å². The van der Waals surface area contributed by atoms with Crippen LogP contribution in [0.25, 0.3) is 22.2 Å². The molecule has 0 bridgehead atoms. The molecule has 1 fully saturated rings. The number of H-pyrrole nitrogens is 1. The van der Waals surface area contributed by atoms with Crippen molar-refractivity contribution in [1.82, 2.24) is 20.1 Å². The van der Waals surface area contributed by atoms with E-state index in [9.17, 15) is 4.79 Å². The van der Waals surface area contributed by atoms with Gasteiger partial charge in [-0.3, -0.25) is 14.8 Å². The van der Waals surface area contributed by atoms with Gasteiger partial charge in [-0.25, -0.2) is 4.98 Å². The number of nitrogens with one attached hydrogen (secondary N) is 1. The first kappa shape index (κ1) is 14.6. The Hall–Kier alpha value is -2.73. The van der Waals surface area contributed by atoms with Crippen LogP contribution >= 0.6 is 0 Å². The Morgan fingerprint density at radius 2 is 1.88 bits per heavy atom. The molecule has 1 N–H and O–H groups in total. The summed E-state index contributed by atoms with van der Waals surface area (Å²) in [6.45, 7) is 1.98. The molecular formula is C19H19N5O. The minimum Gasteiger partial charge on any atom is -0.306 e. The fourth-order valence-electron chi connectivity index (χ4n) is 4.02. The van der Waals surface area contributed by atoms with E-state index in [0.717, 1.165) is 53.9 Å². The molecule has 2 aliphatic heterocycles. The second-order valence-electron chi connectivity index (χ2n) is 6.88. The molecular weight excluding hydrogens is 314 g/mol. The summed E-state index contributed by atoms with van der Waals surface area (Å²) in [4.78, 5) is 22.3. The number of amides is 1. The molecule has 3 aromatic rings. The Kier molecular flexibility index (Phi) is 3.15. The number of carbonyl (C=O) groups is 1. The van der Waals surface area contributed by atoms with Crippen LogP contribution in [0.1, 0.15) is 23.2 Å². The molecule has 0 unspecified atom stereocenters. The number of hydrogen-bond donors (Lipinski definition) is 1. The number of carbonyl (C=O) groups excluding carboxylic acids is 1. The molecule has 0 saturated carbocycles. The van der Waals surface area contributed by atoms with Gasteiger partial charge in [0.15, 0.2) is 0 Å². The summed E-state index contributed by atoms with van der Waals surface area (Å²) in [6.07, 6.45) is 3.66. The zero-order valence-corrected chi connectivity index (χ0v) is 14.1. The lowest BCUT2D eigenvalue weighted by Crippen LogP contribution is -2.47. The second-order valence-corrected chi connectivity index (χ2v) is 6.88. The van der Waals surface area contributed by atoms with Gasteiger partial charge in [0.25, 0.3) is 5.91 Å². The highest BCUT2D eigenvalue weighted by Gasteiger charge is 2.35. The second kappa shape index (κ2) is 5.39. The lowest BCUT2D eigenvalue weighted by Gasteiger charge is -2.36. The molecule has 0 radical (unpaired) electrons. The van der Waals surface area contributed by atoms with Gasteiger partial charge in [-0.05, 0) is 45.1 Å². The molecule has 25 heavy (non-hydrogen) atoms. The highest BCUT2D eigenvalue weighted by Crippen LogP contribution is 2.40. The van der Waals surface area contributed by atoms with Crippen molar-refractivity contribution in [1.29, 1.82) is 0 Å². The lowest BCUT2D eigenvalue weighted by atomic mass is 10.0. The normalized spacial score (nSPS) is 18.4. The SMILES string of the molecule is CN1CCC(N2C(=O)c3ccccc3-c3n[nH]c4ccnc2c34)CC1. The van der Waals surface area contributed by atoms with Gasteiger partial charge < -0.3 is 4.90 Å². The van der Waals surface area contributed by atoms with Crippen LogP contribution in [-0.2, 0) is 0 Å². The van der Waals surface area contributed by atoms with Crippen molar-refractivity contribution in [3.8, 4) is 11.3 Å². The third-order valence-electron chi connectivity index (χ3n) is 5.37. The number of pyridine rings is 1. The van der Waals surface area contributed by atoms with Crippen molar-refractivity contribution in [2.24, 2.45) is 0 Å². The maximum atomic E-state index is 13.5. The standard InChI is InChI=1S/C19H19N5O/c1-23-10-7-12(8-11-23)24-18-16-15(6-9-20-18)21-22-17(16)13-4-2-3-5-14(13)19(24)25/h2-6,9,12H,7-8,10-11H2,1H3,(H,21,22). The van der Waals surface area contributed by atoms with Gasteiger partial charge in [-0.2, -0.15) is 5.10 Å². The van der Waals surface area contributed by atoms with E-state index in [0.29, 0.717) is 5.56 Å². The smallest absolute Gasteiger partial charge is 0.260 e. The molecule has 0 aliphatic carbocycles. The Labute approximate surface area is 145 Å². The maximum Gasteiger partial charge on any atom is 0.260 e. The number of anilines is 1. The molecule has 0 atom stereocenters. The summed E-state index contributed by atoms with van der Waals surface area (Å²) in [6, 6.07) is 9.81. The number of hydrogen-bond acceptors (Lipinski definition) is 4. The summed E-state index contributed by atoms with van der Waals surface area (Å²) >= 11 is 0. The van der Waals surface area contributed by atoms with Crippen molar-refractivity contribution < 1.29 is 4.79 Å². The minimum absolute atomic E-state index is 0.0307. The van der Waals surface area contributed by atoms with Crippen molar-refractivity contribution in [3.05, 3.63) is 42.1 Å². The van der Waals surface area contributed by atoms with E-state index < -0.39 is 0 Å². The highest BCUT2D eigenvalue weighted by molar-refractivity contribution is 6.18. The molecule has 126 valence electrons. The molecule has 2 aromatic heterocycles. The van der Waals surface area contributed by atoms with Crippen LogP contribution in [0.3, 0.4) is 0 Å². The lowest BCUT2D eigenvalue weighted by molar-refractivity contribution is 0.0964. The van der Waals surface area contributed by atoms with Gasteiger partial charge in [0, 0.05) is 23.4 Å². The van der Waals surface area contributed by atoms with E-state index in [2.05, 4.69) is 27.1 Å². The van der Waals surface area contributed by atoms with Gasteiger partial charge in [0.1, 0.15) is 11.5 Å². The van der Waals surface area contributed by atoms with Crippen molar-refractivity contribution in [2.45, 2.75) is 18.9 Å². The largest absolute Gasteiger partial charge is 0.306 e. The van der Waals surface area contributed by atoms with E-state index in [1.54, 1.807) is 6.20 Å². The molecule has 1 saturated heterocycles. The number of aromatic amines is 1. The molecule has 4 heterocycles. The predicted molar refractivity (Wildman–Crippen MR) is 96.7 cm³/mol. The first-order valence-electron chi connectivity index (χ1n) is 8.68. The number of likely N-dealkylation sites (tertiary alicyclic amines) is 1. The number of aromatic nitrogens is 3. The number of benzene rings is 1. The topological polar surface area (TPSA) is 65.1 Å². The van der Waals surface area contributed by atoms with Crippen molar-refractivity contribution in [2.75, 3.05) is 25.0 Å². The summed E-state index contributed by atoms with van der Waals surface area (Å²) in [5.41, 5.74) is 3.32. The summed E-state index contributed by atoms with van der Waals surface area (Å²) in [7, 11) is 2.13. The molecule has 1 amide bonds. The van der Waals surface area contributed by atoms with Crippen LogP contribution in [0.2, 0.25) is 0 Å². The van der Waals surface area contributed by atoms with E-state index in [1.807, 2.05) is 35.2 Å². The third-order valence-corrected chi connectivity index (χ3v) is 5.37. The van der Waals surface area contributed by atoms with Crippen LogP contribution in [-0.4, -0.2) is 52.2 Å². The Morgan fingerprint density at radius 1 is 1.12 bits per heavy atom. The minimum atomic E-state index is 0.0307. The van der Waals surface area contributed by atoms with Crippen LogP contribution in [0.15, 0.2) is 36.5 Å². The van der Waals surface area contributed by atoms with Gasteiger partial charge >= 0.3 is 0 Å². The summed E-state index contributed by atoms with van der Waals surface area (Å²) in [5, 5.41) is 8.54. The Bertz CT molecular complexity index is 971. The van der Waals surface area contributed by atoms with Gasteiger partial charge in [-0.1, -0.05) is 18.2 Å². The number of fused-ring (bicyclic) bond motifs is 2. The number of piperidine rings is 1. The van der Waals surface area contributed by atoms with E-state index in [1.165, 1.54) is 0 Å². The van der Waals surface area contributed by atoms with E-state index >= 15 is 0 Å². The monoisotopic (exact) mass is 333 g/mol.